The van der Waals surface area contributed by atoms with Crippen LogP contribution < -0.4 is 0 Å². The molecule has 2 unspecified atom stereocenters. The topological polar surface area (TPSA) is 54.2 Å². The van der Waals surface area contributed by atoms with Crippen LogP contribution in [-0.2, 0) is 4.74 Å². The fraction of sp³-hybridized carbons (Fsp3) is 0.550. The fourth-order valence-electron chi connectivity index (χ4n) is 3.78. The van der Waals surface area contributed by atoms with Gasteiger partial charge in [0, 0.05) is 36.5 Å². The number of carbonyl (C=O) groups is 1. The molecule has 0 aromatic carbocycles. The van der Waals surface area contributed by atoms with Crippen molar-refractivity contribution in [1.82, 2.24) is 9.30 Å². The first kappa shape index (κ1) is 18.0. The molecule has 1 aliphatic rings. The van der Waals surface area contributed by atoms with Gasteiger partial charge in [-0.15, -0.1) is 0 Å². The molecule has 0 saturated carbocycles. The van der Waals surface area contributed by atoms with Crippen molar-refractivity contribution in [3.8, 4) is 0 Å². The van der Waals surface area contributed by atoms with Gasteiger partial charge in [-0.05, 0) is 49.4 Å². The quantitative estimate of drug-likeness (QED) is 0.895. The van der Waals surface area contributed by atoms with Gasteiger partial charge >= 0.3 is 5.97 Å². The van der Waals surface area contributed by atoms with Crippen LogP contribution in [-0.4, -0.2) is 46.7 Å². The van der Waals surface area contributed by atoms with Crippen molar-refractivity contribution in [1.29, 1.82) is 0 Å². The van der Waals surface area contributed by atoms with Crippen molar-refractivity contribution < 1.29 is 14.6 Å². The van der Waals surface area contributed by atoms with E-state index < -0.39 is 5.97 Å². The van der Waals surface area contributed by atoms with Crippen LogP contribution in [0, 0.1) is 6.92 Å². The first-order valence-corrected chi connectivity index (χ1v) is 9.14. The summed E-state index contributed by atoms with van der Waals surface area (Å²) in [6, 6.07) is 4.08. The Morgan fingerprint density at radius 3 is 2.56 bits per heavy atom. The number of hydrogen-bond donors (Lipinski definition) is 1. The molecule has 2 aromatic heterocycles. The minimum absolute atomic E-state index is 0.142. The molecular formula is C20H28N2O3. The SMILES string of the molecule is CCC(C)c1cc2cc(C(=O)O)c(C)c(C(C)N3CCOCC3)n2c1. The number of carboxylic acids is 1. The smallest absolute Gasteiger partial charge is 0.336 e. The molecule has 1 N–H and O–H groups in total. The number of aromatic carboxylic acids is 1. The molecule has 1 saturated heterocycles. The number of fused-ring (bicyclic) bond motifs is 1. The molecule has 136 valence electrons. The molecule has 5 nitrogen and oxygen atoms in total. The summed E-state index contributed by atoms with van der Waals surface area (Å²) in [5.74, 6) is -0.401. The van der Waals surface area contributed by atoms with E-state index in [0.717, 1.165) is 49.5 Å². The molecule has 3 rings (SSSR count). The molecule has 5 heteroatoms. The van der Waals surface area contributed by atoms with Crippen LogP contribution in [0.4, 0.5) is 0 Å². The summed E-state index contributed by atoms with van der Waals surface area (Å²) >= 11 is 0. The van der Waals surface area contributed by atoms with Gasteiger partial charge in [-0.1, -0.05) is 13.8 Å². The number of hydrogen-bond acceptors (Lipinski definition) is 3. The van der Waals surface area contributed by atoms with Crippen molar-refractivity contribution in [2.45, 2.75) is 46.1 Å². The normalized spacial score (nSPS) is 18.4. The standard InChI is InChI=1S/C20H28N2O3/c1-5-13(2)16-10-17-11-18(20(23)24)14(3)19(22(17)12-16)15(4)21-6-8-25-9-7-21/h10-13,15H,5-9H2,1-4H3,(H,23,24). The lowest BCUT2D eigenvalue weighted by molar-refractivity contribution is 0.0187. The molecule has 0 bridgehead atoms. The molecule has 2 atom stereocenters. The molecule has 0 amide bonds. The average molecular weight is 344 g/mol. The second-order valence-corrected chi connectivity index (χ2v) is 7.08. The largest absolute Gasteiger partial charge is 0.478 e. The van der Waals surface area contributed by atoms with Crippen LogP contribution in [0.25, 0.3) is 5.52 Å². The van der Waals surface area contributed by atoms with E-state index in [9.17, 15) is 9.90 Å². The second-order valence-electron chi connectivity index (χ2n) is 7.08. The van der Waals surface area contributed by atoms with E-state index in [-0.39, 0.29) is 6.04 Å². The Labute approximate surface area is 149 Å². The predicted molar refractivity (Wildman–Crippen MR) is 98.6 cm³/mol. The lowest BCUT2D eigenvalue weighted by Crippen LogP contribution is -2.39. The lowest BCUT2D eigenvalue weighted by atomic mass is 10.0. The number of morpholine rings is 1. The van der Waals surface area contributed by atoms with Gasteiger partial charge in [-0.2, -0.15) is 0 Å². The van der Waals surface area contributed by atoms with E-state index in [1.807, 2.05) is 6.92 Å². The van der Waals surface area contributed by atoms with Crippen molar-refractivity contribution >= 4 is 11.5 Å². The Hall–Kier alpha value is -1.85. The van der Waals surface area contributed by atoms with Gasteiger partial charge in [0.2, 0.25) is 0 Å². The number of rotatable bonds is 5. The Bertz CT molecular complexity index is 775. The van der Waals surface area contributed by atoms with Crippen molar-refractivity contribution in [3.05, 3.63) is 40.7 Å². The van der Waals surface area contributed by atoms with Gasteiger partial charge in [0.15, 0.2) is 0 Å². The molecule has 3 heterocycles. The average Bonchev–Trinajstić information content (AvgIpc) is 3.04. The third-order valence-electron chi connectivity index (χ3n) is 5.61. The van der Waals surface area contributed by atoms with E-state index in [1.165, 1.54) is 5.56 Å². The van der Waals surface area contributed by atoms with Crippen molar-refractivity contribution in [3.63, 3.8) is 0 Å². The molecule has 0 spiro atoms. The number of pyridine rings is 1. The number of aromatic nitrogens is 1. The highest BCUT2D eigenvalue weighted by atomic mass is 16.5. The molecule has 1 aliphatic heterocycles. The highest BCUT2D eigenvalue weighted by molar-refractivity contribution is 5.91. The zero-order valence-corrected chi connectivity index (χ0v) is 15.6. The molecule has 2 aromatic rings. The Balaban J connectivity index is 2.17. The van der Waals surface area contributed by atoms with E-state index in [2.05, 4.69) is 42.3 Å². The maximum Gasteiger partial charge on any atom is 0.336 e. The minimum Gasteiger partial charge on any atom is -0.478 e. The van der Waals surface area contributed by atoms with Gasteiger partial charge in [0.1, 0.15) is 0 Å². The van der Waals surface area contributed by atoms with E-state index in [0.29, 0.717) is 11.5 Å². The molecule has 0 aliphatic carbocycles. The van der Waals surface area contributed by atoms with Crippen molar-refractivity contribution in [2.24, 2.45) is 0 Å². The summed E-state index contributed by atoms with van der Waals surface area (Å²) in [7, 11) is 0. The number of carboxylic acid groups (broad SMARTS) is 1. The summed E-state index contributed by atoms with van der Waals surface area (Å²) in [6.07, 6.45) is 3.25. The predicted octanol–water partition coefficient (Wildman–Crippen LogP) is 3.85. The second kappa shape index (κ2) is 7.18. The molecule has 1 fully saturated rings. The van der Waals surface area contributed by atoms with Crippen LogP contribution in [0.1, 0.15) is 66.3 Å². The monoisotopic (exact) mass is 344 g/mol. The summed E-state index contributed by atoms with van der Waals surface area (Å²) < 4.78 is 7.67. The minimum atomic E-state index is -0.860. The zero-order valence-electron chi connectivity index (χ0n) is 15.6. The number of ether oxygens (including phenoxy) is 1. The summed E-state index contributed by atoms with van der Waals surface area (Å²) in [5, 5.41) is 9.66. The summed E-state index contributed by atoms with van der Waals surface area (Å²) in [4.78, 5) is 14.1. The maximum atomic E-state index is 11.8. The summed E-state index contributed by atoms with van der Waals surface area (Å²) in [6.45, 7) is 11.7. The zero-order chi connectivity index (χ0) is 18.1. The maximum absolute atomic E-state index is 11.8. The van der Waals surface area contributed by atoms with E-state index >= 15 is 0 Å². The van der Waals surface area contributed by atoms with Gasteiger partial charge in [-0.25, -0.2) is 4.79 Å². The Kier molecular flexibility index (Phi) is 5.16. The first-order chi connectivity index (χ1) is 11.9. The third kappa shape index (κ3) is 3.31. The lowest BCUT2D eigenvalue weighted by Gasteiger charge is -2.34. The summed E-state index contributed by atoms with van der Waals surface area (Å²) in [5.41, 5.74) is 4.56. The number of nitrogens with zero attached hydrogens (tertiary/aromatic N) is 2. The van der Waals surface area contributed by atoms with Crippen LogP contribution in [0.5, 0.6) is 0 Å². The molecule has 0 radical (unpaired) electrons. The van der Waals surface area contributed by atoms with Crippen LogP contribution in [0.3, 0.4) is 0 Å². The van der Waals surface area contributed by atoms with E-state index in [1.54, 1.807) is 6.07 Å². The van der Waals surface area contributed by atoms with Crippen LogP contribution in [0.2, 0.25) is 0 Å². The highest BCUT2D eigenvalue weighted by Crippen LogP contribution is 2.31. The molecule has 25 heavy (non-hydrogen) atoms. The van der Waals surface area contributed by atoms with Crippen molar-refractivity contribution in [2.75, 3.05) is 26.3 Å². The van der Waals surface area contributed by atoms with Crippen LogP contribution in [0.15, 0.2) is 18.3 Å². The van der Waals surface area contributed by atoms with Gasteiger partial charge in [0.25, 0.3) is 0 Å². The van der Waals surface area contributed by atoms with Gasteiger partial charge in [-0.3, -0.25) is 4.90 Å². The first-order valence-electron chi connectivity index (χ1n) is 9.14. The fourth-order valence-corrected chi connectivity index (χ4v) is 3.78. The Morgan fingerprint density at radius 1 is 1.28 bits per heavy atom. The third-order valence-corrected chi connectivity index (χ3v) is 5.61. The van der Waals surface area contributed by atoms with Gasteiger partial charge in [0.05, 0.1) is 18.8 Å². The molecular weight excluding hydrogens is 316 g/mol. The van der Waals surface area contributed by atoms with Gasteiger partial charge < -0.3 is 14.2 Å². The Morgan fingerprint density at radius 2 is 1.96 bits per heavy atom. The van der Waals surface area contributed by atoms with E-state index in [4.69, 9.17) is 4.74 Å². The van der Waals surface area contributed by atoms with Crippen LogP contribution >= 0.6 is 0 Å². The highest BCUT2D eigenvalue weighted by Gasteiger charge is 2.25.